The highest BCUT2D eigenvalue weighted by Crippen LogP contribution is 2.23. The molecule has 3 heterocycles. The number of nitrogens with zero attached hydrogens (tertiary/aromatic N) is 5. The summed E-state index contributed by atoms with van der Waals surface area (Å²) in [6, 6.07) is 3.87. The average Bonchev–Trinajstić information content (AvgIpc) is 3.03. The molecule has 0 aliphatic carbocycles. The van der Waals surface area contributed by atoms with E-state index in [1.807, 2.05) is 26.0 Å². The topological polar surface area (TPSA) is 81.1 Å². The van der Waals surface area contributed by atoms with Gasteiger partial charge in [-0.25, -0.2) is 4.98 Å². The second-order valence-electron chi connectivity index (χ2n) is 5.82. The zero-order valence-corrected chi connectivity index (χ0v) is 13.5. The smallest absolute Gasteiger partial charge is 0.248 e. The van der Waals surface area contributed by atoms with Crippen LogP contribution in [0.1, 0.15) is 55.8 Å². The predicted molar refractivity (Wildman–Crippen MR) is 82.9 cm³/mol. The fourth-order valence-corrected chi connectivity index (χ4v) is 2.28. The second kappa shape index (κ2) is 5.40. The van der Waals surface area contributed by atoms with Gasteiger partial charge in [-0.3, -0.25) is 0 Å². The van der Waals surface area contributed by atoms with E-state index in [1.54, 1.807) is 11.4 Å². The molecule has 3 aromatic rings. The molecular formula is C15H20N6O. The van der Waals surface area contributed by atoms with Crippen molar-refractivity contribution in [3.8, 4) is 0 Å². The minimum atomic E-state index is -0.115. The van der Waals surface area contributed by atoms with Gasteiger partial charge >= 0.3 is 0 Å². The summed E-state index contributed by atoms with van der Waals surface area (Å²) in [5.74, 6) is 2.38. The van der Waals surface area contributed by atoms with Crippen molar-refractivity contribution in [1.29, 1.82) is 0 Å². The maximum absolute atomic E-state index is 5.22. The summed E-state index contributed by atoms with van der Waals surface area (Å²) in [6.07, 6.45) is 0. The van der Waals surface area contributed by atoms with Crippen LogP contribution in [0.15, 0.2) is 16.7 Å². The lowest BCUT2D eigenvalue weighted by molar-refractivity contribution is 0.364. The van der Waals surface area contributed by atoms with Gasteiger partial charge in [0.15, 0.2) is 11.5 Å². The Morgan fingerprint density at radius 3 is 2.55 bits per heavy atom. The average molecular weight is 300 g/mol. The molecule has 7 heteroatoms. The Morgan fingerprint density at radius 2 is 1.91 bits per heavy atom. The number of fused-ring (bicyclic) bond motifs is 1. The van der Waals surface area contributed by atoms with Crippen LogP contribution in [0.25, 0.3) is 5.65 Å². The Balaban J connectivity index is 2.01. The van der Waals surface area contributed by atoms with Crippen molar-refractivity contribution in [3.05, 3.63) is 35.2 Å². The minimum absolute atomic E-state index is 0.115. The maximum atomic E-state index is 5.22. The lowest BCUT2D eigenvalue weighted by Gasteiger charge is -2.14. The first kappa shape index (κ1) is 14.5. The number of nitrogens with one attached hydrogen (secondary N) is 1. The summed E-state index contributed by atoms with van der Waals surface area (Å²) in [5.41, 5.74) is 2.78. The van der Waals surface area contributed by atoms with Crippen LogP contribution in [0.4, 0.5) is 5.82 Å². The summed E-state index contributed by atoms with van der Waals surface area (Å²) in [4.78, 5) is 8.91. The van der Waals surface area contributed by atoms with Crippen molar-refractivity contribution in [1.82, 2.24) is 24.7 Å². The number of aryl methyl sites for hydroxylation is 2. The summed E-state index contributed by atoms with van der Waals surface area (Å²) in [6.45, 7) is 9.98. The molecule has 0 aliphatic rings. The SMILES string of the molecule is Cc1cc2nc(C(C)C)cc(N[C@H](C)c3nc(C)no3)n2n1. The monoisotopic (exact) mass is 300 g/mol. The Hall–Kier alpha value is -2.44. The summed E-state index contributed by atoms with van der Waals surface area (Å²) >= 11 is 0. The Kier molecular flexibility index (Phi) is 3.56. The third-order valence-electron chi connectivity index (χ3n) is 3.44. The molecular weight excluding hydrogens is 280 g/mol. The van der Waals surface area contributed by atoms with Crippen molar-refractivity contribution < 1.29 is 4.52 Å². The van der Waals surface area contributed by atoms with E-state index < -0.39 is 0 Å². The number of aromatic nitrogens is 5. The van der Waals surface area contributed by atoms with Gasteiger partial charge in [0, 0.05) is 17.8 Å². The standard InChI is InChI=1S/C15H20N6O/c1-8(2)12-7-14(21-13(18-12)6-9(3)19-21)16-10(4)15-17-11(5)20-22-15/h6-8,10,16H,1-5H3/t10-/m1/s1. The Labute approximate surface area is 128 Å². The highest BCUT2D eigenvalue weighted by molar-refractivity contribution is 5.51. The van der Waals surface area contributed by atoms with Gasteiger partial charge in [-0.2, -0.15) is 14.6 Å². The van der Waals surface area contributed by atoms with Gasteiger partial charge in [0.1, 0.15) is 11.9 Å². The van der Waals surface area contributed by atoms with E-state index in [1.165, 1.54) is 0 Å². The first-order valence-electron chi connectivity index (χ1n) is 7.38. The molecule has 0 bridgehead atoms. The van der Waals surface area contributed by atoms with Crippen LogP contribution < -0.4 is 5.32 Å². The van der Waals surface area contributed by atoms with Crippen molar-refractivity contribution in [2.24, 2.45) is 0 Å². The molecule has 0 amide bonds. The highest BCUT2D eigenvalue weighted by Gasteiger charge is 2.16. The molecule has 0 aromatic carbocycles. The van der Waals surface area contributed by atoms with E-state index in [2.05, 4.69) is 39.4 Å². The molecule has 116 valence electrons. The van der Waals surface area contributed by atoms with Gasteiger partial charge in [-0.1, -0.05) is 19.0 Å². The van der Waals surface area contributed by atoms with E-state index in [0.29, 0.717) is 17.6 Å². The number of hydrogen-bond acceptors (Lipinski definition) is 6. The van der Waals surface area contributed by atoms with E-state index in [4.69, 9.17) is 4.52 Å². The van der Waals surface area contributed by atoms with Crippen molar-refractivity contribution in [2.45, 2.75) is 46.6 Å². The number of hydrogen-bond donors (Lipinski definition) is 1. The van der Waals surface area contributed by atoms with Crippen LogP contribution in [-0.4, -0.2) is 24.7 Å². The molecule has 0 spiro atoms. The molecule has 0 saturated heterocycles. The molecule has 0 radical (unpaired) electrons. The Bertz CT molecular complexity index is 804. The maximum Gasteiger partial charge on any atom is 0.248 e. The molecule has 0 fully saturated rings. The quantitative estimate of drug-likeness (QED) is 0.797. The lowest BCUT2D eigenvalue weighted by atomic mass is 10.1. The molecule has 1 N–H and O–H groups in total. The zero-order valence-electron chi connectivity index (χ0n) is 13.5. The van der Waals surface area contributed by atoms with E-state index in [-0.39, 0.29) is 6.04 Å². The number of rotatable bonds is 4. The zero-order chi connectivity index (χ0) is 15.9. The second-order valence-corrected chi connectivity index (χ2v) is 5.82. The van der Waals surface area contributed by atoms with Crippen LogP contribution in [0.3, 0.4) is 0 Å². The molecule has 3 aromatic heterocycles. The first-order valence-corrected chi connectivity index (χ1v) is 7.38. The first-order chi connectivity index (χ1) is 10.4. The van der Waals surface area contributed by atoms with E-state index in [9.17, 15) is 0 Å². The summed E-state index contributed by atoms with van der Waals surface area (Å²) in [5, 5.41) is 11.7. The third-order valence-corrected chi connectivity index (χ3v) is 3.44. The fraction of sp³-hybridized carbons (Fsp3) is 0.467. The van der Waals surface area contributed by atoms with Gasteiger partial charge < -0.3 is 9.84 Å². The van der Waals surface area contributed by atoms with Crippen LogP contribution in [-0.2, 0) is 0 Å². The summed E-state index contributed by atoms with van der Waals surface area (Å²) < 4.78 is 7.03. The van der Waals surface area contributed by atoms with E-state index in [0.717, 1.165) is 22.9 Å². The lowest BCUT2D eigenvalue weighted by Crippen LogP contribution is -2.12. The van der Waals surface area contributed by atoms with Crippen molar-refractivity contribution in [3.63, 3.8) is 0 Å². The third kappa shape index (κ3) is 2.66. The fourth-order valence-electron chi connectivity index (χ4n) is 2.28. The van der Waals surface area contributed by atoms with Crippen LogP contribution in [0, 0.1) is 13.8 Å². The van der Waals surface area contributed by atoms with Gasteiger partial charge in [0.2, 0.25) is 5.89 Å². The molecule has 0 saturated carbocycles. The minimum Gasteiger partial charge on any atom is -0.358 e. The molecule has 0 aliphatic heterocycles. The molecule has 0 unspecified atom stereocenters. The van der Waals surface area contributed by atoms with Crippen LogP contribution >= 0.6 is 0 Å². The Morgan fingerprint density at radius 1 is 1.14 bits per heavy atom. The molecule has 3 rings (SSSR count). The summed E-state index contributed by atoms with van der Waals surface area (Å²) in [7, 11) is 0. The van der Waals surface area contributed by atoms with Gasteiger partial charge in [-0.05, 0) is 26.7 Å². The van der Waals surface area contributed by atoms with Crippen LogP contribution in [0.5, 0.6) is 0 Å². The van der Waals surface area contributed by atoms with Crippen molar-refractivity contribution in [2.75, 3.05) is 5.32 Å². The van der Waals surface area contributed by atoms with Gasteiger partial charge in [0.05, 0.1) is 5.69 Å². The normalized spacial score (nSPS) is 13.0. The number of anilines is 1. The van der Waals surface area contributed by atoms with Gasteiger partial charge in [-0.15, -0.1) is 0 Å². The highest BCUT2D eigenvalue weighted by atomic mass is 16.5. The molecule has 1 atom stereocenters. The molecule has 7 nitrogen and oxygen atoms in total. The predicted octanol–water partition coefficient (Wildman–Crippen LogP) is 3.03. The van der Waals surface area contributed by atoms with E-state index >= 15 is 0 Å². The van der Waals surface area contributed by atoms with Gasteiger partial charge in [0.25, 0.3) is 0 Å². The van der Waals surface area contributed by atoms with Crippen LogP contribution in [0.2, 0.25) is 0 Å². The molecule has 22 heavy (non-hydrogen) atoms. The largest absolute Gasteiger partial charge is 0.358 e. The van der Waals surface area contributed by atoms with Crippen molar-refractivity contribution >= 4 is 11.5 Å².